The summed E-state index contributed by atoms with van der Waals surface area (Å²) in [4.78, 5) is 12.8. The van der Waals surface area contributed by atoms with E-state index in [2.05, 4.69) is 0 Å². The van der Waals surface area contributed by atoms with Crippen molar-refractivity contribution in [2.45, 2.75) is 22.5 Å². The molecule has 2 aromatic carbocycles. The summed E-state index contributed by atoms with van der Waals surface area (Å²) in [5, 5.41) is -0.245. The SMILES string of the molecule is COc1ccc2c3c1N(S(=O)(=O)c1ccccc1)CC3CC(=O)C2SC. The maximum Gasteiger partial charge on any atom is 0.264 e. The van der Waals surface area contributed by atoms with Crippen molar-refractivity contribution in [2.24, 2.45) is 0 Å². The zero-order chi connectivity index (χ0) is 18.5. The first-order valence-electron chi connectivity index (χ1n) is 8.33. The van der Waals surface area contributed by atoms with Crippen molar-refractivity contribution in [2.75, 3.05) is 24.2 Å². The van der Waals surface area contributed by atoms with Crippen LogP contribution in [0.4, 0.5) is 5.69 Å². The van der Waals surface area contributed by atoms with E-state index in [0.717, 1.165) is 11.1 Å². The van der Waals surface area contributed by atoms with Gasteiger partial charge in [0, 0.05) is 18.9 Å². The minimum atomic E-state index is -3.72. The van der Waals surface area contributed by atoms with Gasteiger partial charge in [0.25, 0.3) is 10.0 Å². The Bertz CT molecular complexity index is 973. The number of sulfonamides is 1. The molecule has 0 N–H and O–H groups in total. The van der Waals surface area contributed by atoms with Gasteiger partial charge in [0.2, 0.25) is 0 Å². The summed E-state index contributed by atoms with van der Waals surface area (Å²) < 4.78 is 33.4. The molecule has 1 aliphatic carbocycles. The highest BCUT2D eigenvalue weighted by Gasteiger charge is 2.45. The molecule has 0 radical (unpaired) electrons. The molecule has 2 unspecified atom stereocenters. The van der Waals surface area contributed by atoms with E-state index in [9.17, 15) is 13.2 Å². The molecule has 0 saturated heterocycles. The number of hydrogen-bond donors (Lipinski definition) is 0. The van der Waals surface area contributed by atoms with Gasteiger partial charge in [0.05, 0.1) is 22.9 Å². The fraction of sp³-hybridized carbons (Fsp3) is 0.316. The molecule has 1 aliphatic heterocycles. The normalized spacial score (nSPS) is 21.6. The largest absolute Gasteiger partial charge is 0.495 e. The van der Waals surface area contributed by atoms with E-state index in [0.29, 0.717) is 17.9 Å². The summed E-state index contributed by atoms with van der Waals surface area (Å²) in [5.74, 6) is 0.564. The lowest BCUT2D eigenvalue weighted by Crippen LogP contribution is -2.30. The highest BCUT2D eigenvalue weighted by molar-refractivity contribution is 7.99. The van der Waals surface area contributed by atoms with Gasteiger partial charge in [-0.2, -0.15) is 0 Å². The van der Waals surface area contributed by atoms with Gasteiger partial charge < -0.3 is 4.74 Å². The first-order valence-corrected chi connectivity index (χ1v) is 11.1. The van der Waals surface area contributed by atoms with Gasteiger partial charge in [-0.3, -0.25) is 9.10 Å². The lowest BCUT2D eigenvalue weighted by atomic mass is 9.83. The highest BCUT2D eigenvalue weighted by atomic mass is 32.2. The molecule has 1 heterocycles. The average Bonchev–Trinajstić information content (AvgIpc) is 3.04. The second-order valence-corrected chi connectivity index (χ2v) is 9.26. The van der Waals surface area contributed by atoms with Gasteiger partial charge in [0.1, 0.15) is 5.75 Å². The van der Waals surface area contributed by atoms with E-state index in [-0.39, 0.29) is 28.4 Å². The van der Waals surface area contributed by atoms with Crippen molar-refractivity contribution in [3.05, 3.63) is 53.6 Å². The molecule has 26 heavy (non-hydrogen) atoms. The number of Topliss-reactive ketones (excluding diaryl/α,β-unsaturated/α-hetero) is 1. The van der Waals surface area contributed by atoms with Gasteiger partial charge in [-0.1, -0.05) is 24.3 Å². The van der Waals surface area contributed by atoms with Crippen LogP contribution in [0.15, 0.2) is 47.4 Å². The van der Waals surface area contributed by atoms with Crippen LogP contribution in [0.1, 0.15) is 28.7 Å². The van der Waals surface area contributed by atoms with Gasteiger partial charge in [0.15, 0.2) is 5.78 Å². The first kappa shape index (κ1) is 17.4. The second kappa shape index (κ2) is 6.32. The van der Waals surface area contributed by atoms with E-state index in [1.807, 2.05) is 12.3 Å². The van der Waals surface area contributed by atoms with Crippen LogP contribution in [-0.2, 0) is 14.8 Å². The molecule has 0 fully saturated rings. The molecular weight excluding hydrogens is 370 g/mol. The Kier molecular flexibility index (Phi) is 4.23. The number of hydrogen-bond acceptors (Lipinski definition) is 5. The lowest BCUT2D eigenvalue weighted by Gasteiger charge is -2.26. The van der Waals surface area contributed by atoms with Crippen molar-refractivity contribution < 1.29 is 17.9 Å². The molecule has 0 aromatic heterocycles. The van der Waals surface area contributed by atoms with Crippen molar-refractivity contribution in [3.8, 4) is 5.75 Å². The number of ether oxygens (including phenoxy) is 1. The van der Waals surface area contributed by atoms with Gasteiger partial charge in [-0.05, 0) is 35.6 Å². The van der Waals surface area contributed by atoms with Crippen LogP contribution in [-0.4, -0.2) is 34.1 Å². The van der Waals surface area contributed by atoms with Crippen LogP contribution in [0.5, 0.6) is 5.75 Å². The van der Waals surface area contributed by atoms with Crippen molar-refractivity contribution in [1.29, 1.82) is 0 Å². The Morgan fingerprint density at radius 3 is 2.54 bits per heavy atom. The second-order valence-electron chi connectivity index (χ2n) is 6.45. The molecule has 2 atom stereocenters. The zero-order valence-electron chi connectivity index (χ0n) is 14.5. The van der Waals surface area contributed by atoms with Gasteiger partial charge >= 0.3 is 0 Å². The predicted octanol–water partition coefficient (Wildman–Crippen LogP) is 3.36. The molecule has 5 nitrogen and oxygen atoms in total. The fourth-order valence-electron chi connectivity index (χ4n) is 3.95. The molecular formula is C19H19NO4S2. The lowest BCUT2D eigenvalue weighted by molar-refractivity contribution is -0.119. The van der Waals surface area contributed by atoms with Crippen LogP contribution in [0, 0.1) is 0 Å². The minimum Gasteiger partial charge on any atom is -0.495 e. The number of carbonyl (C=O) groups excluding carboxylic acids is 1. The number of methoxy groups -OCH3 is 1. The standard InChI is InChI=1S/C19H19NO4S2/c1-24-16-9-8-14-17-12(10-15(21)19(14)25-2)11-20(18(16)17)26(22,23)13-6-4-3-5-7-13/h3-9,12,19H,10-11H2,1-2H3. The van der Waals surface area contributed by atoms with E-state index in [1.165, 1.54) is 16.1 Å². The Balaban J connectivity index is 1.92. The topological polar surface area (TPSA) is 63.7 Å². The third kappa shape index (κ3) is 2.45. The smallest absolute Gasteiger partial charge is 0.264 e. The Hall–Kier alpha value is -1.99. The number of nitrogens with zero attached hydrogens (tertiary/aromatic N) is 1. The molecule has 7 heteroatoms. The first-order chi connectivity index (χ1) is 12.5. The maximum absolute atomic E-state index is 13.3. The fourth-order valence-corrected chi connectivity index (χ4v) is 6.33. The quantitative estimate of drug-likeness (QED) is 0.802. The van der Waals surface area contributed by atoms with E-state index < -0.39 is 10.0 Å². The Labute approximate surface area is 157 Å². The summed E-state index contributed by atoms with van der Waals surface area (Å²) in [6.45, 7) is 0.271. The summed E-state index contributed by atoms with van der Waals surface area (Å²) >= 11 is 1.50. The Morgan fingerprint density at radius 1 is 1.15 bits per heavy atom. The molecule has 2 aromatic rings. The number of anilines is 1. The third-order valence-electron chi connectivity index (χ3n) is 5.07. The summed E-state index contributed by atoms with van der Waals surface area (Å²) in [7, 11) is -2.18. The van der Waals surface area contributed by atoms with Gasteiger partial charge in [-0.25, -0.2) is 8.42 Å². The van der Waals surface area contributed by atoms with Crippen LogP contribution < -0.4 is 9.04 Å². The number of rotatable bonds is 4. The maximum atomic E-state index is 13.3. The summed E-state index contributed by atoms with van der Waals surface area (Å²) in [5.41, 5.74) is 2.45. The summed E-state index contributed by atoms with van der Waals surface area (Å²) in [6.07, 6.45) is 2.27. The van der Waals surface area contributed by atoms with E-state index in [4.69, 9.17) is 4.74 Å². The highest BCUT2D eigenvalue weighted by Crippen LogP contribution is 2.54. The van der Waals surface area contributed by atoms with Crippen LogP contribution in [0.3, 0.4) is 0 Å². The summed E-state index contributed by atoms with van der Waals surface area (Å²) in [6, 6.07) is 12.1. The molecule has 0 saturated carbocycles. The number of benzene rings is 2. The molecule has 0 spiro atoms. The molecule has 0 amide bonds. The van der Waals surface area contributed by atoms with Crippen LogP contribution >= 0.6 is 11.8 Å². The zero-order valence-corrected chi connectivity index (χ0v) is 16.1. The van der Waals surface area contributed by atoms with Crippen LogP contribution in [0.2, 0.25) is 0 Å². The van der Waals surface area contributed by atoms with Gasteiger partial charge in [-0.15, -0.1) is 11.8 Å². The predicted molar refractivity (Wildman–Crippen MR) is 103 cm³/mol. The molecule has 4 rings (SSSR count). The molecule has 136 valence electrons. The van der Waals surface area contributed by atoms with E-state index in [1.54, 1.807) is 43.5 Å². The van der Waals surface area contributed by atoms with Crippen molar-refractivity contribution >= 4 is 33.3 Å². The minimum absolute atomic E-state index is 0.121. The third-order valence-corrected chi connectivity index (χ3v) is 7.83. The number of carbonyl (C=O) groups is 1. The van der Waals surface area contributed by atoms with E-state index >= 15 is 0 Å². The Morgan fingerprint density at radius 2 is 1.88 bits per heavy atom. The van der Waals surface area contributed by atoms with Crippen molar-refractivity contribution in [3.63, 3.8) is 0 Å². The number of ketones is 1. The molecule has 0 bridgehead atoms. The molecule has 2 aliphatic rings. The number of thioether (sulfide) groups is 1. The monoisotopic (exact) mass is 389 g/mol. The average molecular weight is 389 g/mol. The van der Waals surface area contributed by atoms with Crippen molar-refractivity contribution in [1.82, 2.24) is 0 Å². The van der Waals surface area contributed by atoms with Crippen LogP contribution in [0.25, 0.3) is 0 Å².